The summed E-state index contributed by atoms with van der Waals surface area (Å²) in [5.74, 6) is -1.03. The molecule has 0 amide bonds. The number of aryl methyl sites for hydroxylation is 2. The number of aliphatic hydroxyl groups is 8. The molecule has 4 fully saturated rings. The summed E-state index contributed by atoms with van der Waals surface area (Å²) in [6.07, 6.45) is -1.25. The highest BCUT2D eigenvalue weighted by Gasteiger charge is 2.45. The van der Waals surface area contributed by atoms with Gasteiger partial charge in [-0.15, -0.1) is 0 Å². The maximum absolute atomic E-state index is 11.8. The molecule has 410 valence electrons. The molecule has 0 aromatic carbocycles. The number of aliphatic hydroxyl groups excluding tert-OH is 8. The van der Waals surface area contributed by atoms with Crippen LogP contribution < -0.4 is 39.5 Å². The Labute approximate surface area is 422 Å². The Hall–Kier alpha value is -6.62. The van der Waals surface area contributed by atoms with Gasteiger partial charge in [0.05, 0.1) is 69.8 Å². The number of nitrogen functional groups attached to an aromatic ring is 2. The number of nitrogens with one attached hydrogen (secondary N) is 3. The van der Waals surface area contributed by atoms with E-state index < -0.39 is 96.2 Å². The molecule has 31 heteroatoms. The Morgan fingerprint density at radius 2 is 0.947 bits per heavy atom. The largest absolute Gasteiger partial charge is 0.394 e. The van der Waals surface area contributed by atoms with Gasteiger partial charge in [-0.2, -0.15) is 9.97 Å². The molecule has 0 bridgehead atoms. The smallest absolute Gasteiger partial charge is 0.351 e. The molecule has 10 rings (SSSR count). The summed E-state index contributed by atoms with van der Waals surface area (Å²) in [4.78, 5) is 84.8. The third-order valence-corrected chi connectivity index (χ3v) is 13.7. The standard InChI is InChI=1S/C11H15N5O4.C11H14N4O4.C11H17N3O4.C11H16N2O5/c1-4-7(18)5(2-17)20-10(4)16-3-13-6-8(16)14-11(12)15-9(6)19;1-5-8(17)6(2-16)19-11(5)15-4-14-7-9(15)12-3-13-10(7)18;1-5-3-14(11(17)13-9(5)12)10-6(2)8(16)7(4-15)18-10;1-5-3-13(11(17)12-9(5)16)10-6(2)8(15)7(4-14)18-10/h3-5,7,10,17-18H,2H2,1H3,(H3,12,14,15,19);3-6,8,11,16-17H,2H2,1H3,(H,12,13,18);3,6-8,10,15-16H,4H2,1-2H3,(H2,12,13,17);3,6-8,10,14-15H,4H2,1-2H3,(H,12,16,17)/t4?,5-,7?,10-;5?,6-,8?,11-;2*6?,7-,8?,10-/m1111/s1. The Morgan fingerprint density at radius 3 is 1.40 bits per heavy atom. The third kappa shape index (κ3) is 11.1. The van der Waals surface area contributed by atoms with Crippen LogP contribution in [0.2, 0.25) is 0 Å². The lowest BCUT2D eigenvalue weighted by atomic mass is 10.0. The van der Waals surface area contributed by atoms with Crippen LogP contribution in [0, 0.1) is 37.5 Å². The number of aromatic nitrogens is 12. The van der Waals surface area contributed by atoms with E-state index in [9.17, 15) is 49.5 Å². The Kier molecular flexibility index (Phi) is 17.3. The number of H-pyrrole nitrogens is 3. The first-order valence-electron chi connectivity index (χ1n) is 23.6. The fourth-order valence-corrected chi connectivity index (χ4v) is 9.16. The van der Waals surface area contributed by atoms with Crippen LogP contribution in [-0.4, -0.2) is 174 Å². The zero-order valence-electron chi connectivity index (χ0n) is 41.4. The van der Waals surface area contributed by atoms with Crippen LogP contribution in [0.4, 0.5) is 11.8 Å². The highest BCUT2D eigenvalue weighted by molar-refractivity contribution is 5.70. The van der Waals surface area contributed by atoms with Crippen LogP contribution in [-0.2, 0) is 18.9 Å². The average Bonchev–Trinajstić information content (AvgIpc) is 4.23. The second-order valence-electron chi connectivity index (χ2n) is 18.7. The first-order valence-corrected chi connectivity index (χ1v) is 23.6. The van der Waals surface area contributed by atoms with Crippen LogP contribution in [0.5, 0.6) is 0 Å². The van der Waals surface area contributed by atoms with E-state index in [1.165, 1.54) is 34.3 Å². The number of rotatable bonds is 8. The van der Waals surface area contributed by atoms with E-state index in [1.807, 2.05) is 6.92 Å². The highest BCUT2D eigenvalue weighted by atomic mass is 16.6. The molecule has 16 atom stereocenters. The third-order valence-electron chi connectivity index (χ3n) is 13.7. The Morgan fingerprint density at radius 1 is 0.533 bits per heavy atom. The van der Waals surface area contributed by atoms with E-state index in [0.717, 1.165) is 0 Å². The van der Waals surface area contributed by atoms with Crippen molar-refractivity contribution in [2.75, 3.05) is 37.9 Å². The van der Waals surface area contributed by atoms with Crippen molar-refractivity contribution >= 4 is 34.1 Å². The molecule has 0 saturated carbocycles. The van der Waals surface area contributed by atoms with Crippen molar-refractivity contribution in [3.63, 3.8) is 0 Å². The molecule has 10 heterocycles. The van der Waals surface area contributed by atoms with Gasteiger partial charge in [-0.3, -0.25) is 42.6 Å². The maximum Gasteiger partial charge on any atom is 0.351 e. The zero-order valence-corrected chi connectivity index (χ0v) is 41.4. The van der Waals surface area contributed by atoms with Crippen LogP contribution in [0.15, 0.2) is 55.3 Å². The number of imidazole rings is 2. The number of fused-ring (bicyclic) bond motifs is 2. The van der Waals surface area contributed by atoms with E-state index in [2.05, 4.69) is 39.9 Å². The number of ether oxygens (including phenoxy) is 4. The molecule has 4 aliphatic rings. The van der Waals surface area contributed by atoms with E-state index in [4.69, 9.17) is 45.7 Å². The first kappa shape index (κ1) is 56.1. The molecule has 15 N–H and O–H groups in total. The summed E-state index contributed by atoms with van der Waals surface area (Å²) in [6.45, 7) is 9.22. The fraction of sp³-hybridized carbons (Fsp3) is 0.591. The quantitative estimate of drug-likeness (QED) is 0.0682. The minimum Gasteiger partial charge on any atom is -0.394 e. The molecular weight excluding hydrogens is 997 g/mol. The van der Waals surface area contributed by atoms with Crippen molar-refractivity contribution < 1.29 is 59.8 Å². The summed E-state index contributed by atoms with van der Waals surface area (Å²) in [5, 5.41) is 76.1. The van der Waals surface area contributed by atoms with E-state index in [0.29, 0.717) is 16.8 Å². The first-order chi connectivity index (χ1) is 35.6. The normalized spacial score (nSPS) is 31.2. The molecule has 6 aromatic heterocycles. The molecule has 4 saturated heterocycles. The number of anilines is 2. The monoisotopic (exact) mass is 1060 g/mol. The molecule has 0 aliphatic carbocycles. The van der Waals surface area contributed by atoms with E-state index in [-0.39, 0.29) is 84.1 Å². The van der Waals surface area contributed by atoms with Gasteiger partial charge in [0, 0.05) is 47.2 Å². The Bertz CT molecular complexity index is 3250. The summed E-state index contributed by atoms with van der Waals surface area (Å²) in [6, 6.07) is 0. The molecule has 75 heavy (non-hydrogen) atoms. The van der Waals surface area contributed by atoms with Gasteiger partial charge in [-0.1, -0.05) is 27.7 Å². The van der Waals surface area contributed by atoms with E-state index >= 15 is 0 Å². The molecule has 8 unspecified atom stereocenters. The minimum atomic E-state index is -0.848. The Balaban J connectivity index is 0.000000146. The highest BCUT2D eigenvalue weighted by Crippen LogP contribution is 2.38. The van der Waals surface area contributed by atoms with Crippen molar-refractivity contribution in [3.05, 3.63) is 94.5 Å². The molecular formula is C44H62N14O17. The van der Waals surface area contributed by atoms with Crippen molar-refractivity contribution in [3.8, 4) is 0 Å². The topological polar surface area (TPSA) is 468 Å². The summed E-state index contributed by atoms with van der Waals surface area (Å²) < 4.78 is 27.8. The van der Waals surface area contributed by atoms with Crippen molar-refractivity contribution in [2.24, 2.45) is 23.7 Å². The summed E-state index contributed by atoms with van der Waals surface area (Å²) in [7, 11) is 0. The number of aromatic amines is 3. The lowest BCUT2D eigenvalue weighted by Crippen LogP contribution is -2.35. The van der Waals surface area contributed by atoms with Crippen LogP contribution in [0.3, 0.4) is 0 Å². The lowest BCUT2D eigenvalue weighted by Gasteiger charge is -2.18. The number of hydrogen-bond acceptors (Lipinski definition) is 24. The molecule has 4 aliphatic heterocycles. The van der Waals surface area contributed by atoms with Gasteiger partial charge in [0.25, 0.3) is 16.7 Å². The summed E-state index contributed by atoms with van der Waals surface area (Å²) in [5.41, 5.74) is 10.9. The zero-order chi connectivity index (χ0) is 54.9. The van der Waals surface area contributed by atoms with Crippen molar-refractivity contribution in [1.29, 1.82) is 0 Å². The molecule has 6 aromatic rings. The second-order valence-corrected chi connectivity index (χ2v) is 18.7. The molecule has 0 radical (unpaired) electrons. The van der Waals surface area contributed by atoms with Crippen LogP contribution in [0.1, 0.15) is 63.7 Å². The van der Waals surface area contributed by atoms with Crippen molar-refractivity contribution in [1.82, 2.24) is 58.1 Å². The van der Waals surface area contributed by atoms with Gasteiger partial charge in [0.1, 0.15) is 55.1 Å². The molecule has 31 nitrogen and oxygen atoms in total. The number of hydrogen-bond donors (Lipinski definition) is 13. The van der Waals surface area contributed by atoms with Crippen LogP contribution >= 0.6 is 0 Å². The minimum absolute atomic E-state index is 0.0193. The predicted octanol–water partition coefficient (Wildman–Crippen LogP) is -4.65. The van der Waals surface area contributed by atoms with Gasteiger partial charge >= 0.3 is 11.4 Å². The van der Waals surface area contributed by atoms with Crippen molar-refractivity contribution in [2.45, 2.75) is 115 Å². The summed E-state index contributed by atoms with van der Waals surface area (Å²) >= 11 is 0. The maximum atomic E-state index is 11.8. The fourth-order valence-electron chi connectivity index (χ4n) is 9.16. The van der Waals surface area contributed by atoms with Gasteiger partial charge < -0.3 is 76.3 Å². The molecule has 0 spiro atoms. The van der Waals surface area contributed by atoms with E-state index in [1.54, 1.807) is 49.9 Å². The van der Waals surface area contributed by atoms with Gasteiger partial charge in [-0.25, -0.2) is 24.5 Å². The van der Waals surface area contributed by atoms with Gasteiger partial charge in [0.15, 0.2) is 22.3 Å². The average molecular weight is 1060 g/mol. The SMILES string of the molecule is CC1C(O)[C@@H](CO)O[C@H]1n1cnc2c(=O)[nH]c(N)nc21.CC1C(O)[C@@H](CO)O[C@H]1n1cnc2c(=O)[nH]cnc21.Cc1cn([C@@H]2O[C@H](CO)C(O)C2C)c(=O)[nH]c1=O.Cc1cn([C@@H]2O[C@H](CO)C(O)C2C)c(=O)nc1N. The van der Waals surface area contributed by atoms with Gasteiger partial charge in [-0.05, 0) is 13.8 Å². The van der Waals surface area contributed by atoms with Crippen LogP contribution in [0.25, 0.3) is 22.3 Å². The lowest BCUT2D eigenvalue weighted by molar-refractivity contribution is -0.0477. The van der Waals surface area contributed by atoms with Gasteiger partial charge in [0.2, 0.25) is 5.95 Å². The number of nitrogens with zero attached hydrogens (tertiary/aromatic N) is 9. The number of nitrogens with two attached hydrogens (primary N) is 2. The predicted molar refractivity (Wildman–Crippen MR) is 259 cm³/mol. The second kappa shape index (κ2) is 23.1.